The summed E-state index contributed by atoms with van der Waals surface area (Å²) in [5.41, 5.74) is 1.10. The predicted molar refractivity (Wildman–Crippen MR) is 72.7 cm³/mol. The Morgan fingerprint density at radius 1 is 1.24 bits per heavy atom. The van der Waals surface area contributed by atoms with Crippen molar-refractivity contribution in [1.82, 2.24) is 5.32 Å². The average molecular weight is 227 g/mol. The molecule has 90 valence electrons. The lowest BCUT2D eigenvalue weighted by Crippen LogP contribution is -2.33. The van der Waals surface area contributed by atoms with Gasteiger partial charge < -0.3 is 5.32 Å². The summed E-state index contributed by atoms with van der Waals surface area (Å²) in [5.74, 6) is 7.26. The van der Waals surface area contributed by atoms with E-state index in [1.165, 1.54) is 25.7 Å². The smallest absolute Gasteiger partial charge is 0.0582 e. The molecule has 1 nitrogen and oxygen atoms in total. The summed E-state index contributed by atoms with van der Waals surface area (Å²) in [6, 6.07) is 10.9. The van der Waals surface area contributed by atoms with Crippen LogP contribution in [0, 0.1) is 17.8 Å². The standard InChI is InChI=1S/C16H21N/c1-14-7-5-11-16(13-14)17-12-6-10-15-8-3-2-4-9-15/h2-4,8-9,14,16-17H,5,7,11-13H2,1H3. The Labute approximate surface area is 105 Å². The van der Waals surface area contributed by atoms with Crippen LogP contribution in [0.5, 0.6) is 0 Å². The Kier molecular flexibility index (Phi) is 4.64. The topological polar surface area (TPSA) is 12.0 Å². The summed E-state index contributed by atoms with van der Waals surface area (Å²) in [6.07, 6.45) is 5.39. The molecule has 0 aliphatic heterocycles. The van der Waals surface area contributed by atoms with E-state index in [0.717, 1.165) is 18.0 Å². The molecule has 1 N–H and O–H groups in total. The van der Waals surface area contributed by atoms with E-state index in [2.05, 4.69) is 36.2 Å². The van der Waals surface area contributed by atoms with Crippen LogP contribution in [0.25, 0.3) is 0 Å². The van der Waals surface area contributed by atoms with Crippen molar-refractivity contribution >= 4 is 0 Å². The normalized spacial score (nSPS) is 23.8. The lowest BCUT2D eigenvalue weighted by atomic mass is 9.87. The molecule has 0 heterocycles. The second-order valence-electron chi connectivity index (χ2n) is 5.02. The Hall–Kier alpha value is -1.26. The minimum absolute atomic E-state index is 0.684. The highest BCUT2D eigenvalue weighted by Crippen LogP contribution is 2.23. The molecule has 0 aromatic heterocycles. The zero-order valence-electron chi connectivity index (χ0n) is 10.6. The first-order chi connectivity index (χ1) is 8.34. The van der Waals surface area contributed by atoms with Crippen molar-refractivity contribution in [3.05, 3.63) is 35.9 Å². The molecule has 0 saturated heterocycles. The number of hydrogen-bond donors (Lipinski definition) is 1. The highest BCUT2D eigenvalue weighted by Gasteiger charge is 2.17. The molecule has 2 unspecified atom stereocenters. The second-order valence-corrected chi connectivity index (χ2v) is 5.02. The Morgan fingerprint density at radius 3 is 2.82 bits per heavy atom. The van der Waals surface area contributed by atoms with E-state index in [4.69, 9.17) is 0 Å². The number of hydrogen-bond acceptors (Lipinski definition) is 1. The molecule has 1 fully saturated rings. The first kappa shape index (κ1) is 12.2. The zero-order chi connectivity index (χ0) is 11.9. The number of benzene rings is 1. The molecule has 0 spiro atoms. The Bertz CT molecular complexity index is 385. The molecule has 1 saturated carbocycles. The summed E-state index contributed by atoms with van der Waals surface area (Å²) in [5, 5.41) is 3.55. The van der Waals surface area contributed by atoms with Crippen molar-refractivity contribution in [3.63, 3.8) is 0 Å². The SMILES string of the molecule is CC1CCCC(NCC#Cc2ccccc2)C1. The van der Waals surface area contributed by atoms with Crippen molar-refractivity contribution in [2.24, 2.45) is 5.92 Å². The molecule has 2 rings (SSSR count). The molecule has 0 bridgehead atoms. The van der Waals surface area contributed by atoms with Gasteiger partial charge in [-0.3, -0.25) is 0 Å². The van der Waals surface area contributed by atoms with Crippen LogP contribution in [0.3, 0.4) is 0 Å². The third kappa shape index (κ3) is 4.24. The van der Waals surface area contributed by atoms with E-state index >= 15 is 0 Å². The fraction of sp³-hybridized carbons (Fsp3) is 0.500. The van der Waals surface area contributed by atoms with E-state index in [1.807, 2.05) is 18.2 Å². The lowest BCUT2D eigenvalue weighted by molar-refractivity contribution is 0.309. The van der Waals surface area contributed by atoms with Crippen LogP contribution in [-0.2, 0) is 0 Å². The summed E-state index contributed by atoms with van der Waals surface area (Å²) in [6.45, 7) is 3.16. The van der Waals surface area contributed by atoms with Crippen LogP contribution >= 0.6 is 0 Å². The molecule has 1 aromatic carbocycles. The maximum atomic E-state index is 3.55. The predicted octanol–water partition coefficient (Wildman–Crippen LogP) is 3.21. The minimum Gasteiger partial charge on any atom is -0.303 e. The van der Waals surface area contributed by atoms with E-state index in [1.54, 1.807) is 0 Å². The van der Waals surface area contributed by atoms with Gasteiger partial charge in [0, 0.05) is 11.6 Å². The van der Waals surface area contributed by atoms with Crippen LogP contribution in [0.2, 0.25) is 0 Å². The van der Waals surface area contributed by atoms with Crippen molar-refractivity contribution in [1.29, 1.82) is 0 Å². The van der Waals surface area contributed by atoms with Gasteiger partial charge in [-0.15, -0.1) is 0 Å². The highest BCUT2D eigenvalue weighted by atomic mass is 14.9. The van der Waals surface area contributed by atoms with E-state index in [0.29, 0.717) is 6.04 Å². The van der Waals surface area contributed by atoms with Gasteiger partial charge in [-0.05, 0) is 30.9 Å². The van der Waals surface area contributed by atoms with Gasteiger partial charge in [0.1, 0.15) is 0 Å². The third-order valence-corrected chi connectivity index (χ3v) is 3.42. The summed E-state index contributed by atoms with van der Waals surface area (Å²) in [4.78, 5) is 0. The number of rotatable bonds is 2. The van der Waals surface area contributed by atoms with Crippen LogP contribution < -0.4 is 5.32 Å². The molecule has 1 heteroatoms. The Morgan fingerprint density at radius 2 is 2.06 bits per heavy atom. The third-order valence-electron chi connectivity index (χ3n) is 3.42. The van der Waals surface area contributed by atoms with Crippen molar-refractivity contribution in [3.8, 4) is 11.8 Å². The second kappa shape index (κ2) is 6.47. The molecule has 0 radical (unpaired) electrons. The van der Waals surface area contributed by atoms with E-state index in [9.17, 15) is 0 Å². The van der Waals surface area contributed by atoms with Crippen molar-refractivity contribution in [2.75, 3.05) is 6.54 Å². The molecular weight excluding hydrogens is 206 g/mol. The minimum atomic E-state index is 0.684. The number of nitrogens with one attached hydrogen (secondary N) is 1. The molecular formula is C16H21N. The average Bonchev–Trinajstić information content (AvgIpc) is 2.36. The summed E-state index contributed by atoms with van der Waals surface area (Å²) in [7, 11) is 0. The van der Waals surface area contributed by atoms with Crippen LogP contribution in [0.15, 0.2) is 30.3 Å². The highest BCUT2D eigenvalue weighted by molar-refractivity contribution is 5.33. The fourth-order valence-corrected chi connectivity index (χ4v) is 2.48. The largest absolute Gasteiger partial charge is 0.303 e. The maximum Gasteiger partial charge on any atom is 0.0582 e. The fourth-order valence-electron chi connectivity index (χ4n) is 2.48. The Balaban J connectivity index is 1.74. The van der Waals surface area contributed by atoms with Gasteiger partial charge in [-0.2, -0.15) is 0 Å². The first-order valence-electron chi connectivity index (χ1n) is 6.62. The quantitative estimate of drug-likeness (QED) is 0.765. The van der Waals surface area contributed by atoms with Gasteiger partial charge in [0.15, 0.2) is 0 Å². The van der Waals surface area contributed by atoms with Crippen LogP contribution in [0.1, 0.15) is 38.2 Å². The maximum absolute atomic E-state index is 3.55. The molecule has 1 aliphatic carbocycles. The molecule has 1 aromatic rings. The van der Waals surface area contributed by atoms with Crippen molar-refractivity contribution < 1.29 is 0 Å². The van der Waals surface area contributed by atoms with Crippen LogP contribution in [-0.4, -0.2) is 12.6 Å². The monoisotopic (exact) mass is 227 g/mol. The van der Waals surface area contributed by atoms with Gasteiger partial charge in [-0.25, -0.2) is 0 Å². The summed E-state index contributed by atoms with van der Waals surface area (Å²) >= 11 is 0. The van der Waals surface area contributed by atoms with Gasteiger partial charge in [0.2, 0.25) is 0 Å². The van der Waals surface area contributed by atoms with Gasteiger partial charge in [0.05, 0.1) is 6.54 Å². The summed E-state index contributed by atoms with van der Waals surface area (Å²) < 4.78 is 0. The van der Waals surface area contributed by atoms with E-state index in [-0.39, 0.29) is 0 Å². The molecule has 1 aliphatic rings. The zero-order valence-corrected chi connectivity index (χ0v) is 10.6. The van der Waals surface area contributed by atoms with Gasteiger partial charge in [-0.1, -0.05) is 49.8 Å². The van der Waals surface area contributed by atoms with Gasteiger partial charge >= 0.3 is 0 Å². The van der Waals surface area contributed by atoms with Gasteiger partial charge in [0.25, 0.3) is 0 Å². The lowest BCUT2D eigenvalue weighted by Gasteiger charge is -2.26. The van der Waals surface area contributed by atoms with E-state index < -0.39 is 0 Å². The molecule has 2 atom stereocenters. The van der Waals surface area contributed by atoms with Crippen molar-refractivity contribution in [2.45, 2.75) is 38.6 Å². The first-order valence-corrected chi connectivity index (χ1v) is 6.62. The molecule has 0 amide bonds. The molecule has 17 heavy (non-hydrogen) atoms. The van der Waals surface area contributed by atoms with Crippen LogP contribution in [0.4, 0.5) is 0 Å².